The molecule has 0 bridgehead atoms. The first-order valence-electron chi connectivity index (χ1n) is 5.56. The van der Waals surface area contributed by atoms with Crippen LogP contribution < -0.4 is 5.32 Å². The van der Waals surface area contributed by atoms with Crippen LogP contribution in [0, 0.1) is 0 Å². The van der Waals surface area contributed by atoms with Crippen LogP contribution in [0.3, 0.4) is 0 Å². The highest BCUT2D eigenvalue weighted by atomic mass is 16.3. The van der Waals surface area contributed by atoms with E-state index in [9.17, 15) is 4.79 Å². The van der Waals surface area contributed by atoms with Crippen molar-refractivity contribution >= 4 is 5.91 Å². The van der Waals surface area contributed by atoms with E-state index in [0.717, 1.165) is 0 Å². The summed E-state index contributed by atoms with van der Waals surface area (Å²) < 4.78 is 0. The molecule has 0 heterocycles. The van der Waals surface area contributed by atoms with Crippen LogP contribution in [0.4, 0.5) is 0 Å². The molecule has 2 N–H and O–H groups in total. The first-order valence-corrected chi connectivity index (χ1v) is 5.56. The third-order valence-electron chi connectivity index (χ3n) is 2.49. The van der Waals surface area contributed by atoms with Crippen molar-refractivity contribution in [1.82, 2.24) is 5.32 Å². The van der Waals surface area contributed by atoms with Crippen molar-refractivity contribution in [2.75, 3.05) is 6.61 Å². The van der Waals surface area contributed by atoms with Crippen LogP contribution in [0.5, 0.6) is 0 Å². The van der Waals surface area contributed by atoms with Gasteiger partial charge in [0.05, 0.1) is 6.61 Å². The van der Waals surface area contributed by atoms with Gasteiger partial charge >= 0.3 is 0 Å². The maximum Gasteiger partial charge on any atom is 0.251 e. The molecule has 1 rings (SSSR count). The third-order valence-corrected chi connectivity index (χ3v) is 2.49. The molecule has 0 saturated heterocycles. The zero-order valence-corrected chi connectivity index (χ0v) is 10.0. The van der Waals surface area contributed by atoms with E-state index in [4.69, 9.17) is 5.11 Å². The summed E-state index contributed by atoms with van der Waals surface area (Å²) in [5.41, 5.74) is 1.84. The van der Waals surface area contributed by atoms with Gasteiger partial charge in [-0.15, -0.1) is 0 Å². The van der Waals surface area contributed by atoms with E-state index < -0.39 is 0 Å². The highest BCUT2D eigenvalue weighted by Gasteiger charge is 2.09. The van der Waals surface area contributed by atoms with E-state index in [0.29, 0.717) is 11.5 Å². The van der Waals surface area contributed by atoms with Crippen LogP contribution >= 0.6 is 0 Å². The fourth-order valence-electron chi connectivity index (χ4n) is 1.37. The number of benzene rings is 1. The van der Waals surface area contributed by atoms with E-state index in [2.05, 4.69) is 19.2 Å². The molecule has 0 fully saturated rings. The van der Waals surface area contributed by atoms with Gasteiger partial charge in [0.2, 0.25) is 0 Å². The van der Waals surface area contributed by atoms with Gasteiger partial charge in [0, 0.05) is 11.6 Å². The van der Waals surface area contributed by atoms with Crippen LogP contribution in [0.1, 0.15) is 42.6 Å². The number of rotatable bonds is 4. The molecule has 0 aliphatic carbocycles. The van der Waals surface area contributed by atoms with Crippen LogP contribution in [0.2, 0.25) is 0 Å². The van der Waals surface area contributed by atoms with E-state index in [-0.39, 0.29) is 18.6 Å². The Hall–Kier alpha value is -1.35. The minimum absolute atomic E-state index is 0.0458. The highest BCUT2D eigenvalue weighted by molar-refractivity contribution is 5.94. The highest BCUT2D eigenvalue weighted by Crippen LogP contribution is 2.14. The van der Waals surface area contributed by atoms with Gasteiger partial charge in [-0.05, 0) is 30.5 Å². The molecule has 0 unspecified atom stereocenters. The summed E-state index contributed by atoms with van der Waals surface area (Å²) in [6.07, 6.45) is 0. The Morgan fingerprint density at radius 1 is 1.25 bits per heavy atom. The standard InChI is InChI=1S/C13H19NO2/c1-9(2)11-4-6-12(7-5-11)13(16)14-10(3)8-15/h4-7,9-10,15H,8H2,1-3H3,(H,14,16)/t10-/m1/s1. The SMILES string of the molecule is CC(C)c1ccc(C(=O)N[C@H](C)CO)cc1. The first kappa shape index (κ1) is 12.7. The molecule has 16 heavy (non-hydrogen) atoms. The maximum absolute atomic E-state index is 11.7. The van der Waals surface area contributed by atoms with Gasteiger partial charge in [0.1, 0.15) is 0 Å². The van der Waals surface area contributed by atoms with Crippen molar-refractivity contribution in [1.29, 1.82) is 0 Å². The summed E-state index contributed by atoms with van der Waals surface area (Å²) in [6.45, 7) is 5.95. The van der Waals surface area contributed by atoms with Gasteiger partial charge in [0.15, 0.2) is 0 Å². The molecule has 1 aromatic rings. The van der Waals surface area contributed by atoms with Crippen molar-refractivity contribution in [3.8, 4) is 0 Å². The lowest BCUT2D eigenvalue weighted by Crippen LogP contribution is -2.34. The molecule has 1 aromatic carbocycles. The average Bonchev–Trinajstić information content (AvgIpc) is 2.28. The average molecular weight is 221 g/mol. The molecule has 1 atom stereocenters. The molecule has 0 aliphatic rings. The monoisotopic (exact) mass is 221 g/mol. The second kappa shape index (κ2) is 5.66. The summed E-state index contributed by atoms with van der Waals surface area (Å²) in [4.78, 5) is 11.7. The molecular weight excluding hydrogens is 202 g/mol. The molecule has 3 nitrogen and oxygen atoms in total. The Labute approximate surface area is 96.5 Å². The van der Waals surface area contributed by atoms with E-state index >= 15 is 0 Å². The topological polar surface area (TPSA) is 49.3 Å². The Kier molecular flexibility index (Phi) is 4.50. The van der Waals surface area contributed by atoms with Crippen LogP contribution in [0.25, 0.3) is 0 Å². The molecule has 3 heteroatoms. The molecule has 0 aromatic heterocycles. The number of nitrogens with one attached hydrogen (secondary N) is 1. The fraction of sp³-hybridized carbons (Fsp3) is 0.462. The second-order valence-corrected chi connectivity index (χ2v) is 4.33. The van der Waals surface area contributed by atoms with Crippen molar-refractivity contribution in [2.45, 2.75) is 32.7 Å². The van der Waals surface area contributed by atoms with Crippen molar-refractivity contribution in [2.24, 2.45) is 0 Å². The summed E-state index contributed by atoms with van der Waals surface area (Å²) in [6, 6.07) is 7.34. The Balaban J connectivity index is 2.70. The minimum atomic E-state index is -0.211. The zero-order chi connectivity index (χ0) is 12.1. The quantitative estimate of drug-likeness (QED) is 0.816. The molecule has 88 valence electrons. The lowest BCUT2D eigenvalue weighted by atomic mass is 10.0. The number of carbonyl (C=O) groups excluding carboxylic acids is 1. The maximum atomic E-state index is 11.7. The summed E-state index contributed by atoms with van der Waals surface area (Å²) >= 11 is 0. The first-order chi connectivity index (χ1) is 7.54. The summed E-state index contributed by atoms with van der Waals surface area (Å²) in [7, 11) is 0. The summed E-state index contributed by atoms with van der Waals surface area (Å²) in [5.74, 6) is 0.324. The molecule has 0 aliphatic heterocycles. The van der Waals surface area contributed by atoms with Crippen molar-refractivity contribution in [3.05, 3.63) is 35.4 Å². The van der Waals surface area contributed by atoms with Crippen LogP contribution in [0.15, 0.2) is 24.3 Å². The van der Waals surface area contributed by atoms with Gasteiger partial charge in [-0.3, -0.25) is 4.79 Å². The third kappa shape index (κ3) is 3.35. The number of amides is 1. The number of hydrogen-bond donors (Lipinski definition) is 2. The number of aliphatic hydroxyl groups is 1. The van der Waals surface area contributed by atoms with Gasteiger partial charge in [-0.1, -0.05) is 26.0 Å². The van der Waals surface area contributed by atoms with Crippen LogP contribution in [-0.4, -0.2) is 23.7 Å². The van der Waals surface area contributed by atoms with Crippen molar-refractivity contribution < 1.29 is 9.90 Å². The number of carbonyl (C=O) groups is 1. The van der Waals surface area contributed by atoms with Crippen molar-refractivity contribution in [3.63, 3.8) is 0 Å². The predicted octanol–water partition coefficient (Wildman–Crippen LogP) is 1.92. The summed E-state index contributed by atoms with van der Waals surface area (Å²) in [5, 5.41) is 11.5. The van der Waals surface area contributed by atoms with E-state index in [1.807, 2.05) is 24.3 Å². The smallest absolute Gasteiger partial charge is 0.251 e. The van der Waals surface area contributed by atoms with E-state index in [1.165, 1.54) is 5.56 Å². The number of hydrogen-bond acceptors (Lipinski definition) is 2. The Morgan fingerprint density at radius 3 is 2.25 bits per heavy atom. The molecule has 1 amide bonds. The number of aliphatic hydroxyl groups excluding tert-OH is 1. The van der Waals surface area contributed by atoms with Gasteiger partial charge in [-0.2, -0.15) is 0 Å². The lowest BCUT2D eigenvalue weighted by Gasteiger charge is -2.11. The Morgan fingerprint density at radius 2 is 1.81 bits per heavy atom. The molecule has 0 saturated carbocycles. The van der Waals surface area contributed by atoms with Gasteiger partial charge < -0.3 is 10.4 Å². The normalized spacial score (nSPS) is 12.6. The second-order valence-electron chi connectivity index (χ2n) is 4.33. The molecule has 0 spiro atoms. The molecule has 0 radical (unpaired) electrons. The lowest BCUT2D eigenvalue weighted by molar-refractivity contribution is 0.0922. The largest absolute Gasteiger partial charge is 0.394 e. The predicted molar refractivity (Wildman–Crippen MR) is 64.5 cm³/mol. The Bertz CT molecular complexity index is 343. The van der Waals surface area contributed by atoms with Gasteiger partial charge in [-0.25, -0.2) is 0 Å². The van der Waals surface area contributed by atoms with Gasteiger partial charge in [0.25, 0.3) is 5.91 Å². The zero-order valence-electron chi connectivity index (χ0n) is 10.0. The van der Waals surface area contributed by atoms with Crippen LogP contribution in [-0.2, 0) is 0 Å². The molecular formula is C13H19NO2. The van der Waals surface area contributed by atoms with E-state index in [1.54, 1.807) is 6.92 Å². The minimum Gasteiger partial charge on any atom is -0.394 e. The fourth-order valence-corrected chi connectivity index (χ4v) is 1.37.